The molecule has 1 saturated carbocycles. The summed E-state index contributed by atoms with van der Waals surface area (Å²) in [4.78, 5) is 33.8. The fourth-order valence-corrected chi connectivity index (χ4v) is 6.34. The quantitative estimate of drug-likeness (QED) is 0.484. The van der Waals surface area contributed by atoms with Crippen LogP contribution in [0, 0.1) is 12.8 Å². The lowest BCUT2D eigenvalue weighted by atomic mass is 9.77. The largest absolute Gasteiger partial charge is 0.483 e. The van der Waals surface area contributed by atoms with Crippen LogP contribution in [0.4, 0.5) is 5.13 Å². The van der Waals surface area contributed by atoms with Crippen molar-refractivity contribution in [3.05, 3.63) is 69.9 Å². The van der Waals surface area contributed by atoms with Crippen LogP contribution in [0.15, 0.2) is 53.8 Å². The molecule has 1 aromatic heterocycles. The highest BCUT2D eigenvalue weighted by Crippen LogP contribution is 2.49. The second kappa shape index (κ2) is 7.42. The lowest BCUT2D eigenvalue weighted by molar-refractivity contribution is -0.131. The number of thiazole rings is 1. The van der Waals surface area contributed by atoms with Crippen molar-refractivity contribution in [3.63, 3.8) is 0 Å². The maximum Gasteiger partial charge on any atom is 0.296 e. The average Bonchev–Trinajstić information content (AvgIpc) is 3.33. The van der Waals surface area contributed by atoms with Crippen LogP contribution in [-0.2, 0) is 14.3 Å². The SMILES string of the molecule is Cc1ccc2nc(N3C(=O)C4=C(C(=O)C5CCCCC5O4)C3c3ccc(Cl)cc3)sc2c1. The van der Waals surface area contributed by atoms with Gasteiger partial charge in [0.25, 0.3) is 5.91 Å². The highest BCUT2D eigenvalue weighted by Gasteiger charge is 2.53. The summed E-state index contributed by atoms with van der Waals surface area (Å²) < 4.78 is 7.24. The predicted molar refractivity (Wildman–Crippen MR) is 125 cm³/mol. The van der Waals surface area contributed by atoms with Crippen molar-refractivity contribution in [3.8, 4) is 0 Å². The Morgan fingerprint density at radius 2 is 1.88 bits per heavy atom. The summed E-state index contributed by atoms with van der Waals surface area (Å²) in [5, 5.41) is 1.18. The van der Waals surface area contributed by atoms with E-state index >= 15 is 0 Å². The topological polar surface area (TPSA) is 59.5 Å². The van der Waals surface area contributed by atoms with E-state index in [1.807, 2.05) is 31.2 Å². The summed E-state index contributed by atoms with van der Waals surface area (Å²) in [5.74, 6) is -0.214. The fourth-order valence-electron chi connectivity index (χ4n) is 5.13. The highest BCUT2D eigenvalue weighted by molar-refractivity contribution is 7.22. The first-order chi connectivity index (χ1) is 15.5. The summed E-state index contributed by atoms with van der Waals surface area (Å²) >= 11 is 7.59. The third-order valence-corrected chi connectivity index (χ3v) is 7.96. The minimum atomic E-state index is -0.563. The van der Waals surface area contributed by atoms with Gasteiger partial charge in [-0.1, -0.05) is 47.6 Å². The maximum atomic E-state index is 13.7. The molecule has 1 fully saturated rings. The van der Waals surface area contributed by atoms with Gasteiger partial charge in [0.1, 0.15) is 6.10 Å². The van der Waals surface area contributed by atoms with E-state index in [4.69, 9.17) is 21.3 Å². The minimum absolute atomic E-state index is 0.0451. The highest BCUT2D eigenvalue weighted by atomic mass is 35.5. The first kappa shape index (κ1) is 19.9. The van der Waals surface area contributed by atoms with Gasteiger partial charge in [0.2, 0.25) is 0 Å². The number of anilines is 1. The molecule has 6 rings (SSSR count). The molecule has 0 radical (unpaired) electrons. The zero-order valence-corrected chi connectivity index (χ0v) is 19.1. The van der Waals surface area contributed by atoms with Crippen molar-refractivity contribution >= 4 is 50.0 Å². The number of amides is 1. The minimum Gasteiger partial charge on any atom is -0.483 e. The Morgan fingerprint density at radius 3 is 2.69 bits per heavy atom. The van der Waals surface area contributed by atoms with Gasteiger partial charge in [0.15, 0.2) is 16.7 Å². The number of rotatable bonds is 2. The third kappa shape index (κ3) is 3.00. The molecule has 1 aliphatic carbocycles. The number of hydrogen-bond acceptors (Lipinski definition) is 5. The van der Waals surface area contributed by atoms with E-state index in [2.05, 4.69) is 6.07 Å². The number of ether oxygens (including phenoxy) is 1. The van der Waals surface area contributed by atoms with E-state index in [1.54, 1.807) is 17.0 Å². The molecular formula is C25H21ClN2O3S. The summed E-state index contributed by atoms with van der Waals surface area (Å²) in [5.41, 5.74) is 3.27. The number of nitrogens with zero attached hydrogens (tertiary/aromatic N) is 2. The molecule has 0 bridgehead atoms. The second-order valence-electron chi connectivity index (χ2n) is 8.75. The van der Waals surface area contributed by atoms with Gasteiger partial charge in [0, 0.05) is 5.02 Å². The van der Waals surface area contributed by atoms with E-state index in [0.29, 0.717) is 15.7 Å². The smallest absolute Gasteiger partial charge is 0.296 e. The summed E-state index contributed by atoms with van der Waals surface area (Å²) in [7, 11) is 0. The molecule has 1 amide bonds. The van der Waals surface area contributed by atoms with Crippen LogP contribution in [-0.4, -0.2) is 22.8 Å². The van der Waals surface area contributed by atoms with Crippen LogP contribution in [0.3, 0.4) is 0 Å². The Labute approximate surface area is 194 Å². The Morgan fingerprint density at radius 1 is 1.09 bits per heavy atom. The molecule has 5 nitrogen and oxygen atoms in total. The second-order valence-corrected chi connectivity index (χ2v) is 10.2. The van der Waals surface area contributed by atoms with Gasteiger partial charge in [-0.2, -0.15) is 0 Å². The molecule has 32 heavy (non-hydrogen) atoms. The van der Waals surface area contributed by atoms with Gasteiger partial charge in [0.05, 0.1) is 27.7 Å². The standard InChI is InChI=1S/C25H21ClN2O3S/c1-13-6-11-17-19(12-13)32-25(27-17)28-21(14-7-9-15(26)10-8-14)20-22(29)16-4-2-3-5-18(16)31-23(20)24(28)30/h6-12,16,18,21H,2-5H2,1H3. The molecule has 0 saturated heterocycles. The van der Waals surface area contributed by atoms with Gasteiger partial charge in [-0.3, -0.25) is 14.5 Å². The van der Waals surface area contributed by atoms with E-state index in [-0.39, 0.29) is 29.5 Å². The van der Waals surface area contributed by atoms with E-state index in [9.17, 15) is 9.59 Å². The van der Waals surface area contributed by atoms with Gasteiger partial charge < -0.3 is 4.74 Å². The summed E-state index contributed by atoms with van der Waals surface area (Å²) in [6.45, 7) is 2.03. The van der Waals surface area contributed by atoms with E-state index in [1.165, 1.54) is 11.3 Å². The molecule has 3 aliphatic rings. The zero-order valence-electron chi connectivity index (χ0n) is 17.5. The molecule has 2 aliphatic heterocycles. The molecule has 0 N–H and O–H groups in total. The van der Waals surface area contributed by atoms with Crippen molar-refractivity contribution in [2.24, 2.45) is 5.92 Å². The zero-order chi connectivity index (χ0) is 22.0. The molecular weight excluding hydrogens is 444 g/mol. The Kier molecular flexibility index (Phi) is 4.63. The van der Waals surface area contributed by atoms with E-state index in [0.717, 1.165) is 47.0 Å². The molecule has 3 unspecified atom stereocenters. The maximum absolute atomic E-state index is 13.7. The van der Waals surface area contributed by atoms with Crippen LogP contribution < -0.4 is 4.90 Å². The monoisotopic (exact) mass is 464 g/mol. The molecule has 7 heteroatoms. The lowest BCUT2D eigenvalue weighted by Gasteiger charge is -2.35. The molecule has 2 aromatic carbocycles. The molecule has 3 aromatic rings. The van der Waals surface area contributed by atoms with E-state index < -0.39 is 6.04 Å². The average molecular weight is 465 g/mol. The van der Waals surface area contributed by atoms with Crippen LogP contribution in [0.2, 0.25) is 5.02 Å². The Balaban J connectivity index is 1.51. The number of ketones is 1. The van der Waals surface area contributed by atoms with Crippen molar-refractivity contribution in [1.82, 2.24) is 4.98 Å². The van der Waals surface area contributed by atoms with Gasteiger partial charge >= 0.3 is 0 Å². The van der Waals surface area contributed by atoms with Crippen molar-refractivity contribution in [2.75, 3.05) is 4.90 Å². The predicted octanol–water partition coefficient (Wildman–Crippen LogP) is 5.76. The van der Waals surface area contributed by atoms with Crippen molar-refractivity contribution < 1.29 is 14.3 Å². The number of carbonyl (C=O) groups excluding carboxylic acids is 2. The number of benzene rings is 2. The first-order valence-electron chi connectivity index (χ1n) is 10.9. The first-order valence-corrected chi connectivity index (χ1v) is 12.1. The Hall–Kier alpha value is -2.70. The number of halogens is 1. The van der Waals surface area contributed by atoms with Crippen LogP contribution >= 0.6 is 22.9 Å². The van der Waals surface area contributed by atoms with Gasteiger partial charge in [-0.15, -0.1) is 0 Å². The van der Waals surface area contributed by atoms with Crippen LogP contribution in [0.25, 0.3) is 10.2 Å². The van der Waals surface area contributed by atoms with Crippen molar-refractivity contribution in [2.45, 2.75) is 44.8 Å². The summed E-state index contributed by atoms with van der Waals surface area (Å²) in [6, 6.07) is 12.8. The Bertz CT molecular complexity index is 1300. The number of aromatic nitrogens is 1. The third-order valence-electron chi connectivity index (χ3n) is 6.69. The van der Waals surface area contributed by atoms with Gasteiger partial charge in [-0.25, -0.2) is 4.98 Å². The van der Waals surface area contributed by atoms with Crippen molar-refractivity contribution in [1.29, 1.82) is 0 Å². The fraction of sp³-hybridized carbons (Fsp3) is 0.320. The molecule has 3 heterocycles. The van der Waals surface area contributed by atoms with Gasteiger partial charge in [-0.05, 0) is 61.6 Å². The van der Waals surface area contributed by atoms with Crippen LogP contribution in [0.5, 0.6) is 0 Å². The van der Waals surface area contributed by atoms with Crippen LogP contribution in [0.1, 0.15) is 42.9 Å². The molecule has 3 atom stereocenters. The number of Topliss-reactive ketones (excluding diaryl/α,β-unsaturated/α-hetero) is 1. The normalized spacial score (nSPS) is 25.2. The number of carbonyl (C=O) groups is 2. The number of aryl methyl sites for hydroxylation is 1. The lowest BCUT2D eigenvalue weighted by Crippen LogP contribution is -2.39. The number of hydrogen-bond donors (Lipinski definition) is 0. The molecule has 0 spiro atoms. The summed E-state index contributed by atoms with van der Waals surface area (Å²) in [6.07, 6.45) is 3.45. The number of fused-ring (bicyclic) bond motifs is 2. The molecule has 162 valence electrons.